The second kappa shape index (κ2) is 6.11. The first kappa shape index (κ1) is 16.8. The largest absolute Gasteiger partial charge is 0.506 e. The van der Waals surface area contributed by atoms with Gasteiger partial charge in [-0.05, 0) is 53.0 Å². The maximum absolute atomic E-state index is 12.8. The number of phenolic OH excluding ortho intramolecular Hbond substituents is 1. The van der Waals surface area contributed by atoms with Gasteiger partial charge in [0.05, 0.1) is 15.1 Å². The third-order valence-corrected chi connectivity index (χ3v) is 5.96. The number of halogens is 1. The fourth-order valence-corrected chi connectivity index (χ4v) is 4.45. The maximum atomic E-state index is 12.8. The number of hydrogen-bond donors (Lipinski definition) is 2. The van der Waals surface area contributed by atoms with Crippen molar-refractivity contribution >= 4 is 42.4 Å². The van der Waals surface area contributed by atoms with Crippen LogP contribution in [0, 0.1) is 13.8 Å². The van der Waals surface area contributed by atoms with Gasteiger partial charge < -0.3 is 5.11 Å². The summed E-state index contributed by atoms with van der Waals surface area (Å²) in [4.78, 5) is 0.246. The lowest BCUT2D eigenvalue weighted by Crippen LogP contribution is -2.14. The summed E-state index contributed by atoms with van der Waals surface area (Å²) in [5, 5.41) is 11.4. The second-order valence-electron chi connectivity index (χ2n) is 5.67. The van der Waals surface area contributed by atoms with E-state index in [1.807, 2.05) is 13.0 Å². The molecule has 0 aliphatic carbocycles. The lowest BCUT2D eigenvalue weighted by molar-refractivity contribution is 0.478. The van der Waals surface area contributed by atoms with E-state index < -0.39 is 10.0 Å². The molecule has 24 heavy (non-hydrogen) atoms. The molecule has 0 amide bonds. The van der Waals surface area contributed by atoms with Crippen molar-refractivity contribution in [3.63, 3.8) is 0 Å². The van der Waals surface area contributed by atoms with E-state index in [4.69, 9.17) is 0 Å². The number of anilines is 1. The Morgan fingerprint density at radius 3 is 2.38 bits per heavy atom. The molecule has 0 saturated heterocycles. The van der Waals surface area contributed by atoms with Gasteiger partial charge in [0.25, 0.3) is 10.0 Å². The number of nitrogens with one attached hydrogen (secondary N) is 1. The Morgan fingerprint density at radius 1 is 1.00 bits per heavy atom. The Kier molecular flexibility index (Phi) is 4.27. The average Bonchev–Trinajstić information content (AvgIpc) is 2.54. The fraction of sp³-hybridized carbons (Fsp3) is 0.111. The molecular formula is C18H16BrNO3S. The van der Waals surface area contributed by atoms with Gasteiger partial charge in [0.1, 0.15) is 5.75 Å². The molecule has 0 unspecified atom stereocenters. The van der Waals surface area contributed by atoms with Crippen LogP contribution in [0.5, 0.6) is 5.75 Å². The number of hydrogen-bond acceptors (Lipinski definition) is 3. The zero-order valence-electron chi connectivity index (χ0n) is 13.2. The van der Waals surface area contributed by atoms with Gasteiger partial charge in [-0.1, -0.05) is 36.4 Å². The monoisotopic (exact) mass is 405 g/mol. The van der Waals surface area contributed by atoms with Crippen LogP contribution in [0.15, 0.2) is 57.9 Å². The minimum Gasteiger partial charge on any atom is -0.506 e. The topological polar surface area (TPSA) is 66.4 Å². The minimum atomic E-state index is -3.74. The van der Waals surface area contributed by atoms with Crippen molar-refractivity contribution in [1.82, 2.24) is 0 Å². The Bertz CT molecular complexity index is 1050. The number of aryl methyl sites for hydroxylation is 2. The third-order valence-electron chi connectivity index (χ3n) is 3.85. The smallest absolute Gasteiger partial charge is 0.262 e. The van der Waals surface area contributed by atoms with Gasteiger partial charge in [-0.15, -0.1) is 0 Å². The van der Waals surface area contributed by atoms with Gasteiger partial charge in [0.2, 0.25) is 0 Å². The predicted molar refractivity (Wildman–Crippen MR) is 100 cm³/mol. The normalized spacial score (nSPS) is 11.6. The van der Waals surface area contributed by atoms with Crippen LogP contribution in [0.4, 0.5) is 5.69 Å². The van der Waals surface area contributed by atoms with Crippen LogP contribution < -0.4 is 4.72 Å². The van der Waals surface area contributed by atoms with Crippen LogP contribution in [-0.4, -0.2) is 13.5 Å². The van der Waals surface area contributed by atoms with Gasteiger partial charge in [0, 0.05) is 10.8 Å². The van der Waals surface area contributed by atoms with Gasteiger partial charge in [0.15, 0.2) is 0 Å². The standard InChI is InChI=1S/C18H16BrNO3S/c1-11-7-8-12(2)17(9-11)24(22,23)20-16-10-15(19)18(21)14-6-4-3-5-13(14)16/h3-10,20-21H,1-2H3. The Hall–Kier alpha value is -2.05. The summed E-state index contributed by atoms with van der Waals surface area (Å²) in [6.45, 7) is 3.61. The summed E-state index contributed by atoms with van der Waals surface area (Å²) in [7, 11) is -3.74. The number of rotatable bonds is 3. The highest BCUT2D eigenvalue weighted by Crippen LogP contribution is 2.38. The van der Waals surface area contributed by atoms with Gasteiger partial charge in [-0.3, -0.25) is 4.72 Å². The van der Waals surface area contributed by atoms with Crippen molar-refractivity contribution < 1.29 is 13.5 Å². The highest BCUT2D eigenvalue weighted by Gasteiger charge is 2.19. The summed E-state index contributed by atoms with van der Waals surface area (Å²) in [6.07, 6.45) is 0. The molecule has 0 aromatic heterocycles. The third kappa shape index (κ3) is 2.99. The van der Waals surface area contributed by atoms with Gasteiger partial charge in [-0.25, -0.2) is 8.42 Å². The van der Waals surface area contributed by atoms with Crippen molar-refractivity contribution in [3.05, 3.63) is 64.1 Å². The van der Waals surface area contributed by atoms with E-state index in [-0.39, 0.29) is 10.6 Å². The van der Waals surface area contributed by atoms with Crippen LogP contribution in [0.25, 0.3) is 10.8 Å². The van der Waals surface area contributed by atoms with E-state index in [0.29, 0.717) is 26.5 Å². The van der Waals surface area contributed by atoms with Gasteiger partial charge >= 0.3 is 0 Å². The zero-order valence-corrected chi connectivity index (χ0v) is 15.6. The molecule has 124 valence electrons. The number of aromatic hydroxyl groups is 1. The molecule has 2 N–H and O–H groups in total. The van der Waals surface area contributed by atoms with Crippen molar-refractivity contribution in [2.24, 2.45) is 0 Å². The second-order valence-corrected chi connectivity index (χ2v) is 8.18. The zero-order chi connectivity index (χ0) is 17.5. The first-order valence-corrected chi connectivity index (χ1v) is 9.57. The Morgan fingerprint density at radius 2 is 1.67 bits per heavy atom. The molecule has 0 saturated carbocycles. The van der Waals surface area contributed by atoms with E-state index >= 15 is 0 Å². The molecule has 3 aromatic carbocycles. The Labute approximate surface area is 149 Å². The summed E-state index contributed by atoms with van der Waals surface area (Å²) in [5.41, 5.74) is 1.96. The first-order chi connectivity index (χ1) is 11.3. The molecule has 0 fully saturated rings. The summed E-state index contributed by atoms with van der Waals surface area (Å²) < 4.78 is 28.7. The number of fused-ring (bicyclic) bond motifs is 1. The van der Waals surface area contributed by atoms with Crippen LogP contribution in [0.2, 0.25) is 0 Å². The molecule has 6 heteroatoms. The number of benzene rings is 3. The van der Waals surface area contributed by atoms with Crippen LogP contribution in [0.1, 0.15) is 11.1 Å². The molecule has 0 heterocycles. The lowest BCUT2D eigenvalue weighted by atomic mass is 10.1. The summed E-state index contributed by atoms with van der Waals surface area (Å²) in [5.74, 6) is 0.0836. The lowest BCUT2D eigenvalue weighted by Gasteiger charge is -2.14. The quantitative estimate of drug-likeness (QED) is 0.619. The highest BCUT2D eigenvalue weighted by molar-refractivity contribution is 9.10. The van der Waals surface area contributed by atoms with Crippen LogP contribution in [0.3, 0.4) is 0 Å². The van der Waals surface area contributed by atoms with Crippen molar-refractivity contribution in [3.8, 4) is 5.75 Å². The van der Waals surface area contributed by atoms with Crippen LogP contribution >= 0.6 is 15.9 Å². The molecule has 0 aliphatic heterocycles. The molecule has 0 spiro atoms. The van der Waals surface area contributed by atoms with Crippen LogP contribution in [-0.2, 0) is 10.0 Å². The first-order valence-electron chi connectivity index (χ1n) is 7.30. The molecule has 0 radical (unpaired) electrons. The average molecular weight is 406 g/mol. The van der Waals surface area contributed by atoms with Gasteiger partial charge in [-0.2, -0.15) is 0 Å². The number of phenols is 1. The maximum Gasteiger partial charge on any atom is 0.262 e. The molecule has 3 aromatic rings. The van der Waals surface area contributed by atoms with E-state index in [1.54, 1.807) is 49.4 Å². The molecule has 4 nitrogen and oxygen atoms in total. The highest BCUT2D eigenvalue weighted by atomic mass is 79.9. The van der Waals surface area contributed by atoms with E-state index in [1.165, 1.54) is 0 Å². The number of sulfonamides is 1. The Balaban J connectivity index is 2.16. The SMILES string of the molecule is Cc1ccc(C)c(S(=O)(=O)Nc2cc(Br)c(O)c3ccccc23)c1. The predicted octanol–water partition coefficient (Wildman–Crippen LogP) is 4.73. The van der Waals surface area contributed by atoms with Crippen molar-refractivity contribution in [2.75, 3.05) is 4.72 Å². The minimum absolute atomic E-state index is 0.0836. The fourth-order valence-electron chi connectivity index (χ4n) is 2.61. The molecular weight excluding hydrogens is 390 g/mol. The van der Waals surface area contributed by atoms with Crippen molar-refractivity contribution in [1.29, 1.82) is 0 Å². The molecule has 0 bridgehead atoms. The summed E-state index contributed by atoms with van der Waals surface area (Å²) in [6, 6.07) is 14.0. The van der Waals surface area contributed by atoms with Crippen molar-refractivity contribution in [2.45, 2.75) is 18.7 Å². The molecule has 0 atom stereocenters. The molecule has 0 aliphatic rings. The molecule has 3 rings (SSSR count). The summed E-state index contributed by atoms with van der Waals surface area (Å²) >= 11 is 3.27. The van der Waals surface area contributed by atoms with E-state index in [2.05, 4.69) is 20.7 Å². The van der Waals surface area contributed by atoms with E-state index in [9.17, 15) is 13.5 Å². The van der Waals surface area contributed by atoms with E-state index in [0.717, 1.165) is 5.56 Å².